The molecule has 0 radical (unpaired) electrons. The fraction of sp³-hybridized carbons (Fsp3) is 0.125. The van der Waals surface area contributed by atoms with Crippen molar-refractivity contribution in [2.24, 2.45) is 4.99 Å². The van der Waals surface area contributed by atoms with Gasteiger partial charge < -0.3 is 0 Å². The van der Waals surface area contributed by atoms with E-state index in [2.05, 4.69) is 4.99 Å². The average Bonchev–Trinajstić information content (AvgIpc) is 2.04. The number of hydrogen-bond donors (Lipinski definition) is 0. The van der Waals surface area contributed by atoms with E-state index in [-0.39, 0.29) is 0 Å². The van der Waals surface area contributed by atoms with Gasteiger partial charge in [-0.1, -0.05) is 0 Å². The van der Waals surface area contributed by atoms with Crippen molar-refractivity contribution in [1.29, 1.82) is 0 Å². The van der Waals surface area contributed by atoms with E-state index < -0.39 is 0 Å². The van der Waals surface area contributed by atoms with Gasteiger partial charge >= 0.3 is 65.4 Å². The predicted octanol–water partition coefficient (Wildman–Crippen LogP) is 1.70. The first-order chi connectivity index (χ1) is 5.33. The molecule has 0 heterocycles. The van der Waals surface area contributed by atoms with Crippen molar-refractivity contribution in [3.63, 3.8) is 0 Å². The Labute approximate surface area is 66.2 Å². The van der Waals surface area contributed by atoms with Gasteiger partial charge in [0.2, 0.25) is 0 Å². The second kappa shape index (κ2) is 3.81. The molecule has 3 heteroatoms. The summed E-state index contributed by atoms with van der Waals surface area (Å²) in [4.78, 5) is 3.87. The minimum atomic E-state index is 0.667. The Balaban J connectivity index is 2.81. The number of aliphatic imine (C=N–C) groups is 1. The Morgan fingerprint density at radius 2 is 2.00 bits per heavy atom. The zero-order valence-electron chi connectivity index (χ0n) is 6.32. The summed E-state index contributed by atoms with van der Waals surface area (Å²) in [5.74, 6) is 0. The summed E-state index contributed by atoms with van der Waals surface area (Å²) in [5, 5.41) is 0. The maximum absolute atomic E-state index is 9.90. The van der Waals surface area contributed by atoms with Crippen molar-refractivity contribution in [3.8, 4) is 0 Å². The molecule has 0 spiro atoms. The molecule has 2 nitrogen and oxygen atoms in total. The van der Waals surface area contributed by atoms with Crippen LogP contribution in [0, 0.1) is 6.92 Å². The van der Waals surface area contributed by atoms with Crippen molar-refractivity contribution >= 4 is 19.0 Å². The SMILES string of the molecule is Cc1ccc(N=CB=O)cc1. The second-order valence-electron chi connectivity index (χ2n) is 2.25. The number of nitrogens with zero attached hydrogens (tertiary/aromatic N) is 1. The van der Waals surface area contributed by atoms with E-state index in [0.29, 0.717) is 7.15 Å². The van der Waals surface area contributed by atoms with Crippen LogP contribution >= 0.6 is 0 Å². The van der Waals surface area contributed by atoms with Crippen LogP contribution in [0.3, 0.4) is 0 Å². The molecule has 0 atom stereocenters. The molecule has 0 aromatic heterocycles. The first-order valence-corrected chi connectivity index (χ1v) is 3.37. The molecule has 0 aliphatic heterocycles. The van der Waals surface area contributed by atoms with Gasteiger partial charge in [0.05, 0.1) is 0 Å². The van der Waals surface area contributed by atoms with Crippen LogP contribution in [0.5, 0.6) is 0 Å². The van der Waals surface area contributed by atoms with E-state index in [1.54, 1.807) is 0 Å². The topological polar surface area (TPSA) is 29.4 Å². The molecule has 0 bridgehead atoms. The Hall–Kier alpha value is -1.25. The molecule has 0 saturated heterocycles. The van der Waals surface area contributed by atoms with Crippen LogP contribution < -0.4 is 0 Å². The van der Waals surface area contributed by atoms with Crippen molar-refractivity contribution in [2.75, 3.05) is 0 Å². The van der Waals surface area contributed by atoms with Crippen molar-refractivity contribution in [3.05, 3.63) is 29.8 Å². The van der Waals surface area contributed by atoms with Crippen LogP contribution in [0.25, 0.3) is 0 Å². The zero-order valence-corrected chi connectivity index (χ0v) is 6.32. The van der Waals surface area contributed by atoms with Crippen LogP contribution in [-0.2, 0) is 4.70 Å². The molecule has 1 aromatic carbocycles. The van der Waals surface area contributed by atoms with Gasteiger partial charge in [-0.25, -0.2) is 0 Å². The van der Waals surface area contributed by atoms with Gasteiger partial charge in [0.15, 0.2) is 0 Å². The van der Waals surface area contributed by atoms with Gasteiger partial charge in [-0.05, 0) is 0 Å². The molecular weight excluding hydrogens is 137 g/mol. The number of hydrogen-bond acceptors (Lipinski definition) is 2. The zero-order chi connectivity index (χ0) is 8.10. The molecule has 0 amide bonds. The summed E-state index contributed by atoms with van der Waals surface area (Å²) in [6.07, 6.45) is 1.24. The van der Waals surface area contributed by atoms with Gasteiger partial charge in [0, 0.05) is 0 Å². The molecule has 0 saturated carbocycles. The van der Waals surface area contributed by atoms with Crippen molar-refractivity contribution < 1.29 is 4.70 Å². The summed E-state index contributed by atoms with van der Waals surface area (Å²) >= 11 is 0. The third-order valence-electron chi connectivity index (χ3n) is 1.32. The quantitative estimate of drug-likeness (QED) is 0.460. The average molecular weight is 145 g/mol. The number of aryl methyl sites for hydroxylation is 1. The fourth-order valence-corrected chi connectivity index (χ4v) is 0.747. The van der Waals surface area contributed by atoms with E-state index in [0.717, 1.165) is 5.69 Å². The van der Waals surface area contributed by atoms with Gasteiger partial charge in [-0.2, -0.15) is 0 Å². The monoisotopic (exact) mass is 145 g/mol. The summed E-state index contributed by atoms with van der Waals surface area (Å²) in [7, 11) is 0.667. The van der Waals surface area contributed by atoms with Crippen molar-refractivity contribution in [2.45, 2.75) is 6.92 Å². The second-order valence-corrected chi connectivity index (χ2v) is 2.25. The Bertz CT molecular complexity index is 266. The first-order valence-electron chi connectivity index (χ1n) is 3.37. The van der Waals surface area contributed by atoms with Crippen LogP contribution in [0.15, 0.2) is 29.3 Å². The maximum atomic E-state index is 9.90. The van der Waals surface area contributed by atoms with Gasteiger partial charge in [0.1, 0.15) is 0 Å². The summed E-state index contributed by atoms with van der Waals surface area (Å²) in [6.45, 7) is 2.01. The van der Waals surface area contributed by atoms with Crippen LogP contribution in [0.1, 0.15) is 5.56 Å². The van der Waals surface area contributed by atoms with Crippen LogP contribution in [0.2, 0.25) is 0 Å². The summed E-state index contributed by atoms with van der Waals surface area (Å²) < 4.78 is 9.90. The molecular formula is C8H8BNO. The predicted molar refractivity (Wildman–Crippen MR) is 45.8 cm³/mol. The fourth-order valence-electron chi connectivity index (χ4n) is 0.747. The molecule has 11 heavy (non-hydrogen) atoms. The molecule has 1 aromatic rings. The van der Waals surface area contributed by atoms with Gasteiger partial charge in [-0.3, -0.25) is 0 Å². The van der Waals surface area contributed by atoms with Gasteiger partial charge in [-0.15, -0.1) is 0 Å². The number of rotatable bonds is 2. The molecule has 0 aliphatic rings. The number of benzene rings is 1. The van der Waals surface area contributed by atoms with E-state index in [1.165, 1.54) is 11.7 Å². The van der Waals surface area contributed by atoms with E-state index in [1.807, 2.05) is 31.2 Å². The third kappa shape index (κ3) is 2.46. The molecule has 0 aliphatic carbocycles. The third-order valence-corrected chi connectivity index (χ3v) is 1.32. The van der Waals surface area contributed by atoms with E-state index >= 15 is 0 Å². The Kier molecular flexibility index (Phi) is 2.72. The van der Waals surface area contributed by atoms with E-state index in [4.69, 9.17) is 0 Å². The molecule has 0 unspecified atom stereocenters. The molecule has 0 fully saturated rings. The Morgan fingerprint density at radius 3 is 2.55 bits per heavy atom. The van der Waals surface area contributed by atoms with Crippen LogP contribution in [0.4, 0.5) is 5.69 Å². The Morgan fingerprint density at radius 1 is 1.36 bits per heavy atom. The first kappa shape index (κ1) is 7.86. The normalized spacial score (nSPS) is 9.91. The van der Waals surface area contributed by atoms with Gasteiger partial charge in [0.25, 0.3) is 0 Å². The van der Waals surface area contributed by atoms with Crippen LogP contribution in [-0.4, -0.2) is 13.3 Å². The minimum absolute atomic E-state index is 0.667. The molecule has 1 rings (SSSR count). The van der Waals surface area contributed by atoms with Crippen molar-refractivity contribution in [1.82, 2.24) is 0 Å². The summed E-state index contributed by atoms with van der Waals surface area (Å²) in [5.41, 5.74) is 2.00. The molecule has 54 valence electrons. The van der Waals surface area contributed by atoms with E-state index in [9.17, 15) is 4.70 Å². The standard InChI is InChI=1S/C8H8BNO/c1-7-2-4-8(5-3-7)10-6-9-11/h2-6H,1H3. The summed E-state index contributed by atoms with van der Waals surface area (Å²) in [6, 6.07) is 7.65. The molecule has 0 N–H and O–H groups in total.